The third kappa shape index (κ3) is 3.62. The van der Waals surface area contributed by atoms with Crippen LogP contribution in [-0.4, -0.2) is 51.9 Å². The molecule has 1 saturated heterocycles. The number of rotatable bonds is 4. The molecule has 23 heavy (non-hydrogen) atoms. The van der Waals surface area contributed by atoms with Crippen LogP contribution in [-0.2, 0) is 18.3 Å². The molecule has 2 heterocycles. The van der Waals surface area contributed by atoms with E-state index in [1.54, 1.807) is 0 Å². The SMILES string of the molecule is CN1CCN(C(=O)CCc2ccccc2)C[C@H]1c1nccn1C. The molecular weight excluding hydrogens is 288 g/mol. The van der Waals surface area contributed by atoms with E-state index in [2.05, 4.69) is 29.1 Å². The molecule has 122 valence electrons. The molecule has 1 aliphatic rings. The number of imidazole rings is 1. The average molecular weight is 312 g/mol. The topological polar surface area (TPSA) is 41.4 Å². The third-order valence-electron chi connectivity index (χ3n) is 4.63. The van der Waals surface area contributed by atoms with E-state index in [4.69, 9.17) is 0 Å². The smallest absolute Gasteiger partial charge is 0.223 e. The summed E-state index contributed by atoms with van der Waals surface area (Å²) in [5, 5.41) is 0. The van der Waals surface area contributed by atoms with E-state index in [9.17, 15) is 4.79 Å². The first-order valence-electron chi connectivity index (χ1n) is 8.14. The molecule has 1 atom stereocenters. The number of carbonyl (C=O) groups is 1. The highest BCUT2D eigenvalue weighted by atomic mass is 16.2. The summed E-state index contributed by atoms with van der Waals surface area (Å²) < 4.78 is 2.04. The van der Waals surface area contributed by atoms with Crippen LogP contribution in [0.1, 0.15) is 23.9 Å². The van der Waals surface area contributed by atoms with E-state index in [1.165, 1.54) is 5.56 Å². The van der Waals surface area contributed by atoms with Gasteiger partial charge in [-0.05, 0) is 19.0 Å². The second kappa shape index (κ2) is 6.96. The highest BCUT2D eigenvalue weighted by molar-refractivity contribution is 5.76. The van der Waals surface area contributed by atoms with E-state index in [0.29, 0.717) is 6.42 Å². The standard InChI is InChI=1S/C18H24N4O/c1-20-12-13-22(14-16(20)18-19-10-11-21(18)2)17(23)9-8-15-6-4-3-5-7-15/h3-7,10-11,16H,8-9,12-14H2,1-2H3/t16-/m0/s1. The highest BCUT2D eigenvalue weighted by Crippen LogP contribution is 2.23. The van der Waals surface area contributed by atoms with E-state index in [1.807, 2.05) is 47.1 Å². The molecule has 5 heteroatoms. The first kappa shape index (κ1) is 15.7. The lowest BCUT2D eigenvalue weighted by Crippen LogP contribution is -2.49. The summed E-state index contributed by atoms with van der Waals surface area (Å²) in [7, 11) is 4.11. The van der Waals surface area contributed by atoms with Gasteiger partial charge in [0.2, 0.25) is 5.91 Å². The Balaban J connectivity index is 1.62. The van der Waals surface area contributed by atoms with Crippen molar-refractivity contribution in [3.05, 3.63) is 54.1 Å². The molecule has 0 N–H and O–H groups in total. The monoisotopic (exact) mass is 312 g/mol. The summed E-state index contributed by atoms with van der Waals surface area (Å²) in [4.78, 5) is 21.3. The van der Waals surface area contributed by atoms with Crippen molar-refractivity contribution in [2.75, 3.05) is 26.7 Å². The number of aromatic nitrogens is 2. The fourth-order valence-corrected chi connectivity index (χ4v) is 3.13. The molecule has 1 aromatic heterocycles. The van der Waals surface area contributed by atoms with Crippen molar-refractivity contribution in [3.8, 4) is 0 Å². The van der Waals surface area contributed by atoms with Crippen molar-refractivity contribution < 1.29 is 4.79 Å². The van der Waals surface area contributed by atoms with Crippen LogP contribution in [0.15, 0.2) is 42.7 Å². The van der Waals surface area contributed by atoms with E-state index >= 15 is 0 Å². The molecule has 2 aromatic rings. The Morgan fingerprint density at radius 3 is 2.70 bits per heavy atom. The minimum Gasteiger partial charge on any atom is -0.339 e. The fraction of sp³-hybridized carbons (Fsp3) is 0.444. The number of hydrogen-bond donors (Lipinski definition) is 0. The van der Waals surface area contributed by atoms with Gasteiger partial charge in [0.1, 0.15) is 5.82 Å². The van der Waals surface area contributed by atoms with E-state index in [0.717, 1.165) is 31.9 Å². The molecule has 0 radical (unpaired) electrons. The molecule has 1 aliphatic heterocycles. The maximum Gasteiger partial charge on any atom is 0.223 e. The Morgan fingerprint density at radius 2 is 2.00 bits per heavy atom. The summed E-state index contributed by atoms with van der Waals surface area (Å²) >= 11 is 0. The van der Waals surface area contributed by atoms with Gasteiger partial charge in [-0.15, -0.1) is 0 Å². The first-order chi connectivity index (χ1) is 11.1. The Bertz CT molecular complexity index is 652. The molecule has 1 fully saturated rings. The van der Waals surface area contributed by atoms with E-state index < -0.39 is 0 Å². The first-order valence-corrected chi connectivity index (χ1v) is 8.14. The molecule has 0 unspecified atom stereocenters. The summed E-state index contributed by atoms with van der Waals surface area (Å²) in [6.07, 6.45) is 5.15. The fourth-order valence-electron chi connectivity index (χ4n) is 3.13. The molecule has 0 spiro atoms. The largest absolute Gasteiger partial charge is 0.339 e. The number of nitrogens with zero attached hydrogens (tertiary/aromatic N) is 4. The maximum absolute atomic E-state index is 12.6. The number of likely N-dealkylation sites (N-methyl/N-ethyl adjacent to an activating group) is 1. The zero-order valence-electron chi connectivity index (χ0n) is 13.9. The molecule has 5 nitrogen and oxygen atoms in total. The predicted octanol–water partition coefficient (Wildman–Crippen LogP) is 1.87. The van der Waals surface area contributed by atoms with Gasteiger partial charge >= 0.3 is 0 Å². The van der Waals surface area contributed by atoms with Gasteiger partial charge in [0.25, 0.3) is 0 Å². The lowest BCUT2D eigenvalue weighted by molar-refractivity contribution is -0.134. The van der Waals surface area contributed by atoms with Gasteiger partial charge < -0.3 is 9.47 Å². The number of benzene rings is 1. The van der Waals surface area contributed by atoms with Crippen LogP contribution in [0.25, 0.3) is 0 Å². The zero-order valence-corrected chi connectivity index (χ0v) is 13.9. The van der Waals surface area contributed by atoms with Crippen molar-refractivity contribution in [1.82, 2.24) is 19.4 Å². The number of carbonyl (C=O) groups excluding carboxylic acids is 1. The number of amides is 1. The normalized spacial score (nSPS) is 19.0. The zero-order chi connectivity index (χ0) is 16.2. The molecule has 0 aliphatic carbocycles. The number of aryl methyl sites for hydroxylation is 2. The average Bonchev–Trinajstić information content (AvgIpc) is 3.00. The molecule has 0 saturated carbocycles. The van der Waals surface area contributed by atoms with Crippen LogP contribution in [0.5, 0.6) is 0 Å². The number of piperazine rings is 1. The van der Waals surface area contributed by atoms with Crippen LogP contribution in [0.2, 0.25) is 0 Å². The summed E-state index contributed by atoms with van der Waals surface area (Å²) in [5.74, 6) is 1.26. The Hall–Kier alpha value is -2.14. The molecule has 0 bridgehead atoms. The van der Waals surface area contributed by atoms with Crippen LogP contribution < -0.4 is 0 Å². The van der Waals surface area contributed by atoms with Gasteiger partial charge in [-0.25, -0.2) is 4.98 Å². The highest BCUT2D eigenvalue weighted by Gasteiger charge is 2.30. The van der Waals surface area contributed by atoms with Crippen molar-refractivity contribution in [3.63, 3.8) is 0 Å². The van der Waals surface area contributed by atoms with Gasteiger partial charge in [-0.2, -0.15) is 0 Å². The second-order valence-corrected chi connectivity index (χ2v) is 6.22. The predicted molar refractivity (Wildman–Crippen MR) is 89.9 cm³/mol. The second-order valence-electron chi connectivity index (χ2n) is 6.22. The molecule has 1 amide bonds. The maximum atomic E-state index is 12.6. The lowest BCUT2D eigenvalue weighted by Gasteiger charge is -2.39. The van der Waals surface area contributed by atoms with Crippen molar-refractivity contribution in [1.29, 1.82) is 0 Å². The van der Waals surface area contributed by atoms with Crippen LogP contribution in [0, 0.1) is 0 Å². The summed E-state index contributed by atoms with van der Waals surface area (Å²) in [6.45, 7) is 2.40. The van der Waals surface area contributed by atoms with Crippen molar-refractivity contribution >= 4 is 5.91 Å². The van der Waals surface area contributed by atoms with Gasteiger partial charge in [0, 0.05) is 45.5 Å². The Kier molecular flexibility index (Phi) is 4.76. The van der Waals surface area contributed by atoms with Crippen LogP contribution in [0.3, 0.4) is 0 Å². The minimum atomic E-state index is 0.171. The minimum absolute atomic E-state index is 0.171. The summed E-state index contributed by atoms with van der Waals surface area (Å²) in [6, 6.07) is 10.4. The number of hydrogen-bond acceptors (Lipinski definition) is 3. The van der Waals surface area contributed by atoms with Crippen molar-refractivity contribution in [2.45, 2.75) is 18.9 Å². The van der Waals surface area contributed by atoms with Gasteiger partial charge in [0.15, 0.2) is 0 Å². The van der Waals surface area contributed by atoms with Crippen LogP contribution >= 0.6 is 0 Å². The van der Waals surface area contributed by atoms with E-state index in [-0.39, 0.29) is 11.9 Å². The summed E-state index contributed by atoms with van der Waals surface area (Å²) in [5.41, 5.74) is 1.22. The van der Waals surface area contributed by atoms with Crippen LogP contribution in [0.4, 0.5) is 0 Å². The Labute approximate surface area is 137 Å². The molecule has 3 rings (SSSR count). The Morgan fingerprint density at radius 1 is 1.22 bits per heavy atom. The van der Waals surface area contributed by atoms with Gasteiger partial charge in [-0.1, -0.05) is 30.3 Å². The third-order valence-corrected chi connectivity index (χ3v) is 4.63. The molecule has 1 aromatic carbocycles. The van der Waals surface area contributed by atoms with Gasteiger partial charge in [-0.3, -0.25) is 9.69 Å². The molecular formula is C18H24N4O. The lowest BCUT2D eigenvalue weighted by atomic mass is 10.1. The van der Waals surface area contributed by atoms with Crippen molar-refractivity contribution in [2.24, 2.45) is 7.05 Å². The quantitative estimate of drug-likeness (QED) is 0.865. The van der Waals surface area contributed by atoms with Gasteiger partial charge in [0.05, 0.1) is 6.04 Å².